The third-order valence-electron chi connectivity index (χ3n) is 3.83. The van der Waals surface area contributed by atoms with Crippen LogP contribution < -0.4 is 20.1 Å². The Morgan fingerprint density at radius 3 is 2.74 bits per heavy atom. The molecule has 0 atom stereocenters. The van der Waals surface area contributed by atoms with Gasteiger partial charge in [0.2, 0.25) is 5.91 Å². The second-order valence-corrected chi connectivity index (χ2v) is 5.95. The number of carbonyl (C=O) groups is 2. The Morgan fingerprint density at radius 1 is 1.19 bits per heavy atom. The molecule has 0 aliphatic rings. The molecule has 7 heteroatoms. The van der Waals surface area contributed by atoms with Crippen LogP contribution in [0.5, 0.6) is 11.5 Å². The van der Waals surface area contributed by atoms with Gasteiger partial charge in [-0.2, -0.15) is 0 Å². The van der Waals surface area contributed by atoms with Crippen molar-refractivity contribution in [2.24, 2.45) is 0 Å². The first kappa shape index (κ1) is 20.4. The highest BCUT2D eigenvalue weighted by Crippen LogP contribution is 2.29. The van der Waals surface area contributed by atoms with Crippen molar-refractivity contribution in [3.8, 4) is 11.5 Å². The van der Waals surface area contributed by atoms with Gasteiger partial charge in [0.1, 0.15) is 11.5 Å². The molecule has 0 saturated carbocycles. The minimum absolute atomic E-state index is 0.157. The minimum atomic E-state index is -0.292. The van der Waals surface area contributed by atoms with Crippen LogP contribution in [-0.2, 0) is 4.79 Å². The number of hydrogen-bond acceptors (Lipinski definition) is 5. The number of methoxy groups -OCH3 is 1. The Balaban J connectivity index is 1.82. The molecule has 2 aromatic rings. The fourth-order valence-corrected chi connectivity index (χ4v) is 2.34. The summed E-state index contributed by atoms with van der Waals surface area (Å²) in [5.41, 5.74) is 0.579. The van der Waals surface area contributed by atoms with Crippen LogP contribution in [0.4, 0.5) is 5.69 Å². The lowest BCUT2D eigenvalue weighted by Gasteiger charge is -2.14. The van der Waals surface area contributed by atoms with E-state index >= 15 is 0 Å². The topological polar surface area (TPSA) is 89.8 Å². The van der Waals surface area contributed by atoms with Crippen molar-refractivity contribution in [3.05, 3.63) is 42.4 Å². The summed E-state index contributed by atoms with van der Waals surface area (Å²) < 4.78 is 16.0. The van der Waals surface area contributed by atoms with Crippen molar-refractivity contribution < 1.29 is 23.5 Å². The molecule has 0 aliphatic carbocycles. The lowest BCUT2D eigenvalue weighted by Crippen LogP contribution is -2.25. The van der Waals surface area contributed by atoms with Gasteiger partial charge in [-0.3, -0.25) is 9.59 Å². The van der Waals surface area contributed by atoms with E-state index in [-0.39, 0.29) is 24.0 Å². The van der Waals surface area contributed by atoms with E-state index in [4.69, 9.17) is 13.9 Å². The molecule has 1 heterocycles. The van der Waals surface area contributed by atoms with Crippen LogP contribution in [0.2, 0.25) is 0 Å². The monoisotopic (exact) mass is 374 g/mol. The Bertz CT molecular complexity index is 728. The molecule has 7 nitrogen and oxygen atoms in total. The van der Waals surface area contributed by atoms with Crippen LogP contribution in [-0.4, -0.2) is 32.1 Å². The van der Waals surface area contributed by atoms with Gasteiger partial charge in [0, 0.05) is 19.0 Å². The maximum atomic E-state index is 12.2. The summed E-state index contributed by atoms with van der Waals surface area (Å²) in [6.45, 7) is 3.06. The fourth-order valence-electron chi connectivity index (χ4n) is 2.34. The molecule has 0 aliphatic heterocycles. The molecule has 0 radical (unpaired) electrons. The number of rotatable bonds is 11. The number of carbonyl (C=O) groups excluding carboxylic acids is 2. The van der Waals surface area contributed by atoms with E-state index in [0.29, 0.717) is 36.8 Å². The molecule has 0 saturated heterocycles. The molecule has 2 amide bonds. The highest BCUT2D eigenvalue weighted by molar-refractivity contribution is 5.93. The Labute approximate surface area is 159 Å². The molecule has 2 rings (SSSR count). The summed E-state index contributed by atoms with van der Waals surface area (Å²) in [5, 5.41) is 5.56. The molecular formula is C20H26N2O5. The molecule has 0 bridgehead atoms. The van der Waals surface area contributed by atoms with Crippen LogP contribution in [0.25, 0.3) is 0 Å². The molecule has 0 fully saturated rings. The lowest BCUT2D eigenvalue weighted by molar-refractivity contribution is -0.116. The summed E-state index contributed by atoms with van der Waals surface area (Å²) >= 11 is 0. The minimum Gasteiger partial charge on any atom is -0.497 e. The zero-order valence-corrected chi connectivity index (χ0v) is 15.7. The van der Waals surface area contributed by atoms with E-state index in [1.807, 2.05) is 0 Å². The maximum absolute atomic E-state index is 12.2. The Morgan fingerprint density at radius 2 is 2.04 bits per heavy atom. The number of furan rings is 1. The highest BCUT2D eigenvalue weighted by atomic mass is 16.5. The Hall–Kier alpha value is -2.96. The Kier molecular flexibility index (Phi) is 8.22. The van der Waals surface area contributed by atoms with E-state index in [1.54, 1.807) is 37.4 Å². The van der Waals surface area contributed by atoms with E-state index in [1.165, 1.54) is 6.26 Å². The molecular weight excluding hydrogens is 348 g/mol. The van der Waals surface area contributed by atoms with Crippen LogP contribution in [0.15, 0.2) is 41.0 Å². The third kappa shape index (κ3) is 6.69. The zero-order chi connectivity index (χ0) is 19.5. The molecule has 0 spiro atoms. The predicted molar refractivity (Wildman–Crippen MR) is 102 cm³/mol. The van der Waals surface area contributed by atoms with Gasteiger partial charge in [-0.15, -0.1) is 0 Å². The van der Waals surface area contributed by atoms with Gasteiger partial charge < -0.3 is 24.5 Å². The summed E-state index contributed by atoms with van der Waals surface area (Å²) in [5.74, 6) is 1.06. The number of amides is 2. The number of nitrogens with one attached hydrogen (secondary N) is 2. The first-order valence-corrected chi connectivity index (χ1v) is 9.06. The fraction of sp³-hybridized carbons (Fsp3) is 0.400. The van der Waals surface area contributed by atoms with E-state index in [0.717, 1.165) is 12.8 Å². The van der Waals surface area contributed by atoms with Crippen molar-refractivity contribution in [3.63, 3.8) is 0 Å². The lowest BCUT2D eigenvalue weighted by atomic mass is 10.2. The molecule has 1 aromatic heterocycles. The SMILES string of the molecule is CCCCOc1ccc(OC)cc1NC(=O)CCCNC(=O)c1ccco1. The third-order valence-corrected chi connectivity index (χ3v) is 3.83. The van der Waals surface area contributed by atoms with Crippen molar-refractivity contribution in [1.82, 2.24) is 5.32 Å². The number of hydrogen-bond donors (Lipinski definition) is 2. The van der Waals surface area contributed by atoms with Gasteiger partial charge in [-0.25, -0.2) is 0 Å². The largest absolute Gasteiger partial charge is 0.497 e. The van der Waals surface area contributed by atoms with Crippen molar-refractivity contribution in [2.75, 3.05) is 25.6 Å². The van der Waals surface area contributed by atoms with Gasteiger partial charge >= 0.3 is 0 Å². The van der Waals surface area contributed by atoms with E-state index < -0.39 is 0 Å². The smallest absolute Gasteiger partial charge is 0.286 e. The summed E-state index contributed by atoms with van der Waals surface area (Å²) in [6.07, 6.45) is 4.19. The predicted octanol–water partition coefficient (Wildman–Crippen LogP) is 3.62. The van der Waals surface area contributed by atoms with Gasteiger partial charge in [0.05, 0.1) is 25.7 Å². The average Bonchev–Trinajstić information content (AvgIpc) is 3.21. The van der Waals surface area contributed by atoms with Crippen LogP contribution >= 0.6 is 0 Å². The van der Waals surface area contributed by atoms with Crippen LogP contribution in [0, 0.1) is 0 Å². The molecule has 146 valence electrons. The van der Waals surface area contributed by atoms with Gasteiger partial charge in [0.25, 0.3) is 5.91 Å². The van der Waals surface area contributed by atoms with Crippen molar-refractivity contribution >= 4 is 17.5 Å². The number of benzene rings is 1. The first-order chi connectivity index (χ1) is 13.1. The molecule has 0 unspecified atom stereocenters. The highest BCUT2D eigenvalue weighted by Gasteiger charge is 2.11. The van der Waals surface area contributed by atoms with Crippen molar-refractivity contribution in [1.29, 1.82) is 0 Å². The van der Waals surface area contributed by atoms with E-state index in [9.17, 15) is 9.59 Å². The quantitative estimate of drug-likeness (QED) is 0.587. The second kappa shape index (κ2) is 10.9. The zero-order valence-electron chi connectivity index (χ0n) is 15.7. The summed E-state index contributed by atoms with van der Waals surface area (Å²) in [7, 11) is 1.57. The number of ether oxygens (including phenoxy) is 2. The van der Waals surface area contributed by atoms with Gasteiger partial charge in [0.15, 0.2) is 5.76 Å². The normalized spacial score (nSPS) is 10.3. The standard InChI is InChI=1S/C20H26N2O5/c1-3-4-12-26-17-10-9-15(25-2)14-16(17)22-19(23)8-5-11-21-20(24)18-7-6-13-27-18/h6-7,9-10,13-14H,3-5,8,11-12H2,1-2H3,(H,21,24)(H,22,23). The maximum Gasteiger partial charge on any atom is 0.286 e. The van der Waals surface area contributed by atoms with Crippen LogP contribution in [0.3, 0.4) is 0 Å². The summed E-state index contributed by atoms with van der Waals surface area (Å²) in [6, 6.07) is 8.55. The van der Waals surface area contributed by atoms with E-state index in [2.05, 4.69) is 17.6 Å². The number of unbranched alkanes of at least 4 members (excludes halogenated alkanes) is 1. The molecule has 27 heavy (non-hydrogen) atoms. The average molecular weight is 374 g/mol. The van der Waals surface area contributed by atoms with Gasteiger partial charge in [-0.1, -0.05) is 13.3 Å². The first-order valence-electron chi connectivity index (χ1n) is 9.06. The molecule has 1 aromatic carbocycles. The number of anilines is 1. The molecule has 2 N–H and O–H groups in total. The van der Waals surface area contributed by atoms with Crippen molar-refractivity contribution in [2.45, 2.75) is 32.6 Å². The van der Waals surface area contributed by atoms with Crippen LogP contribution in [0.1, 0.15) is 43.2 Å². The van der Waals surface area contributed by atoms with Gasteiger partial charge in [-0.05, 0) is 37.1 Å². The summed E-state index contributed by atoms with van der Waals surface area (Å²) in [4.78, 5) is 24.0. The second-order valence-electron chi connectivity index (χ2n) is 5.95.